The molecule has 1 aromatic carbocycles. The molecule has 42 heavy (non-hydrogen) atoms. The van der Waals surface area contributed by atoms with E-state index < -0.39 is 55.4 Å². The van der Waals surface area contributed by atoms with E-state index in [1.54, 1.807) is 6.20 Å². The number of piperazine rings is 1. The van der Waals surface area contributed by atoms with Gasteiger partial charge in [0.2, 0.25) is 11.8 Å². The lowest BCUT2D eigenvalue weighted by Gasteiger charge is -2.35. The van der Waals surface area contributed by atoms with Crippen molar-refractivity contribution in [3.05, 3.63) is 65.5 Å². The van der Waals surface area contributed by atoms with Gasteiger partial charge in [-0.3, -0.25) is 19.5 Å². The van der Waals surface area contributed by atoms with Crippen LogP contribution in [0.15, 0.2) is 48.7 Å². The minimum absolute atomic E-state index is 0.0520. The third-order valence-electron chi connectivity index (χ3n) is 7.52. The Morgan fingerprint density at radius 1 is 1.00 bits per heavy atom. The van der Waals surface area contributed by atoms with Crippen molar-refractivity contribution in [3.8, 4) is 0 Å². The molecule has 4 amide bonds. The Bertz CT molecular complexity index is 1220. The monoisotopic (exact) mass is 592 g/mol. The molecular weight excluding hydrogens is 556 g/mol. The number of hydrogen-bond donors (Lipinski definition) is 2. The molecule has 2 N–H and O–H groups in total. The predicted octanol–water partition coefficient (Wildman–Crippen LogP) is 3.24. The van der Waals surface area contributed by atoms with E-state index >= 15 is 0 Å². The van der Waals surface area contributed by atoms with Crippen LogP contribution in [0, 0.1) is 0 Å². The number of pyridine rings is 1. The lowest BCUT2D eigenvalue weighted by molar-refractivity contribution is -0.148. The quantitative estimate of drug-likeness (QED) is 0.459. The largest absolute Gasteiger partial charge is 0.401 e. The summed E-state index contributed by atoms with van der Waals surface area (Å²) in [5, 5.41) is 5.40. The zero-order chi connectivity index (χ0) is 30.4. The Balaban J connectivity index is 1.38. The van der Waals surface area contributed by atoms with E-state index in [0.717, 1.165) is 16.0 Å². The molecule has 3 atom stereocenters. The molecule has 2 aliphatic rings. The Hall–Kier alpha value is -3.74. The summed E-state index contributed by atoms with van der Waals surface area (Å²) in [6, 6.07) is 10.7. The molecule has 228 valence electrons. The number of hydrogen-bond acceptors (Lipinski definition) is 5. The number of benzene rings is 1. The van der Waals surface area contributed by atoms with Crippen LogP contribution in [0.4, 0.5) is 22.4 Å². The highest BCUT2D eigenvalue weighted by Crippen LogP contribution is 2.26. The zero-order valence-corrected chi connectivity index (χ0v) is 23.6. The standard InChI is InChI=1S/C29H36F4N6O3/c1-19(2)21-8-9-23(34-15-21)26(20-6-4-3-5-7-20)36-27(41)24-14-22(30)17-39(24)25(40)16-35-28(42)38-12-10-37(11-13-38)18-29(31,32)33/h3-9,15,19,22,24,26H,10-14,16-18H2,1-2H3,(H,35,42)(H,36,41). The van der Waals surface area contributed by atoms with Crippen molar-refractivity contribution in [1.29, 1.82) is 0 Å². The molecule has 0 aliphatic carbocycles. The molecule has 2 aliphatic heterocycles. The third kappa shape index (κ3) is 8.17. The second-order valence-electron chi connectivity index (χ2n) is 11.0. The molecule has 1 aromatic heterocycles. The molecule has 2 saturated heterocycles. The van der Waals surface area contributed by atoms with Crippen molar-refractivity contribution in [2.75, 3.05) is 45.8 Å². The van der Waals surface area contributed by atoms with Crippen LogP contribution < -0.4 is 10.6 Å². The Morgan fingerprint density at radius 2 is 1.69 bits per heavy atom. The number of alkyl halides is 4. The predicted molar refractivity (Wildman–Crippen MR) is 147 cm³/mol. The number of carbonyl (C=O) groups is 3. The molecule has 0 bridgehead atoms. The van der Waals surface area contributed by atoms with Gasteiger partial charge in [0.15, 0.2) is 0 Å². The highest BCUT2D eigenvalue weighted by atomic mass is 19.4. The van der Waals surface area contributed by atoms with Gasteiger partial charge in [-0.15, -0.1) is 0 Å². The first kappa shape index (κ1) is 31.2. The molecule has 0 saturated carbocycles. The van der Waals surface area contributed by atoms with Gasteiger partial charge in [-0.2, -0.15) is 13.2 Å². The minimum atomic E-state index is -4.32. The van der Waals surface area contributed by atoms with Gasteiger partial charge in [0.25, 0.3) is 0 Å². The van der Waals surface area contributed by atoms with E-state index in [4.69, 9.17) is 0 Å². The first-order valence-corrected chi connectivity index (χ1v) is 14.0. The lowest BCUT2D eigenvalue weighted by atomic mass is 10.00. The summed E-state index contributed by atoms with van der Waals surface area (Å²) in [7, 11) is 0. The number of halogens is 4. The molecule has 9 nitrogen and oxygen atoms in total. The molecule has 13 heteroatoms. The molecule has 3 heterocycles. The van der Waals surface area contributed by atoms with Gasteiger partial charge in [0.1, 0.15) is 12.2 Å². The van der Waals surface area contributed by atoms with E-state index in [0.29, 0.717) is 5.69 Å². The third-order valence-corrected chi connectivity index (χ3v) is 7.52. The van der Waals surface area contributed by atoms with Crippen LogP contribution >= 0.6 is 0 Å². The van der Waals surface area contributed by atoms with Crippen LogP contribution in [0.1, 0.15) is 49.0 Å². The van der Waals surface area contributed by atoms with Crippen molar-refractivity contribution in [2.24, 2.45) is 0 Å². The number of urea groups is 1. The summed E-state index contributed by atoms with van der Waals surface area (Å²) in [6.45, 7) is 2.54. The maximum atomic E-state index is 14.5. The van der Waals surface area contributed by atoms with Crippen LogP contribution in [-0.4, -0.2) is 102 Å². The van der Waals surface area contributed by atoms with Gasteiger partial charge < -0.3 is 20.4 Å². The van der Waals surface area contributed by atoms with Gasteiger partial charge in [0.05, 0.1) is 31.4 Å². The first-order chi connectivity index (χ1) is 19.9. The second-order valence-corrected chi connectivity index (χ2v) is 11.0. The summed E-state index contributed by atoms with van der Waals surface area (Å²) in [5.74, 6) is -0.899. The highest BCUT2D eigenvalue weighted by Gasteiger charge is 2.41. The number of likely N-dealkylation sites (tertiary alicyclic amines) is 1. The second kappa shape index (κ2) is 13.5. The number of nitrogens with one attached hydrogen (secondary N) is 2. The molecule has 3 unspecified atom stereocenters. The SMILES string of the molecule is CC(C)c1ccc(C(NC(=O)C2CC(F)CN2C(=O)CNC(=O)N2CCN(CC(F)(F)F)CC2)c2ccccc2)nc1. The molecule has 2 aromatic rings. The van der Waals surface area contributed by atoms with E-state index in [1.165, 1.54) is 9.80 Å². The number of amides is 4. The fourth-order valence-corrected chi connectivity index (χ4v) is 5.18. The summed E-state index contributed by atoms with van der Waals surface area (Å²) in [6.07, 6.45) is -4.17. The van der Waals surface area contributed by atoms with E-state index in [9.17, 15) is 31.9 Å². The Kier molecular flexibility index (Phi) is 10.0. The highest BCUT2D eigenvalue weighted by molar-refractivity contribution is 5.91. The Morgan fingerprint density at radius 3 is 2.29 bits per heavy atom. The van der Waals surface area contributed by atoms with Crippen LogP contribution in [-0.2, 0) is 9.59 Å². The molecule has 2 fully saturated rings. The lowest BCUT2D eigenvalue weighted by Crippen LogP contribution is -2.55. The van der Waals surface area contributed by atoms with E-state index in [-0.39, 0.29) is 45.1 Å². The van der Waals surface area contributed by atoms with Gasteiger partial charge in [-0.05, 0) is 23.1 Å². The fraction of sp³-hybridized carbons (Fsp3) is 0.517. The van der Waals surface area contributed by atoms with Crippen molar-refractivity contribution in [1.82, 2.24) is 30.3 Å². The van der Waals surface area contributed by atoms with Crippen LogP contribution in [0.2, 0.25) is 0 Å². The molecule has 4 rings (SSSR count). The minimum Gasteiger partial charge on any atom is -0.342 e. The number of rotatable bonds is 8. The summed E-state index contributed by atoms with van der Waals surface area (Å²) < 4.78 is 52.4. The zero-order valence-electron chi connectivity index (χ0n) is 23.6. The average molecular weight is 593 g/mol. The van der Waals surface area contributed by atoms with Gasteiger partial charge in [-0.25, -0.2) is 9.18 Å². The first-order valence-electron chi connectivity index (χ1n) is 14.0. The van der Waals surface area contributed by atoms with Crippen molar-refractivity contribution < 1.29 is 31.9 Å². The van der Waals surface area contributed by atoms with Gasteiger partial charge in [-0.1, -0.05) is 50.2 Å². The summed E-state index contributed by atoms with van der Waals surface area (Å²) in [5.41, 5.74) is 2.40. The van der Waals surface area contributed by atoms with Crippen molar-refractivity contribution in [3.63, 3.8) is 0 Å². The normalized spacial score (nSPS) is 20.5. The number of carbonyl (C=O) groups excluding carboxylic acids is 3. The van der Waals surface area contributed by atoms with E-state index in [1.807, 2.05) is 56.3 Å². The molecular formula is C29H36F4N6O3. The molecule has 0 spiro atoms. The van der Waals surface area contributed by atoms with Crippen molar-refractivity contribution >= 4 is 17.8 Å². The van der Waals surface area contributed by atoms with Gasteiger partial charge >= 0.3 is 12.2 Å². The van der Waals surface area contributed by atoms with Crippen molar-refractivity contribution in [2.45, 2.75) is 50.6 Å². The average Bonchev–Trinajstić information content (AvgIpc) is 3.36. The maximum Gasteiger partial charge on any atom is 0.401 e. The van der Waals surface area contributed by atoms with E-state index in [2.05, 4.69) is 15.6 Å². The molecule has 0 radical (unpaired) electrons. The number of aromatic nitrogens is 1. The van der Waals surface area contributed by atoms with Gasteiger partial charge in [0, 0.05) is 38.8 Å². The van der Waals surface area contributed by atoms with Crippen LogP contribution in [0.5, 0.6) is 0 Å². The fourth-order valence-electron chi connectivity index (χ4n) is 5.18. The number of nitrogens with zero attached hydrogens (tertiary/aromatic N) is 4. The van der Waals surface area contributed by atoms with Crippen LogP contribution in [0.25, 0.3) is 0 Å². The Labute approximate surface area is 242 Å². The van der Waals surface area contributed by atoms with Crippen LogP contribution in [0.3, 0.4) is 0 Å². The maximum absolute atomic E-state index is 14.5. The summed E-state index contributed by atoms with van der Waals surface area (Å²) >= 11 is 0. The topological polar surface area (TPSA) is 97.9 Å². The smallest absolute Gasteiger partial charge is 0.342 e. The summed E-state index contributed by atoms with van der Waals surface area (Å²) in [4.78, 5) is 47.3.